The Hall–Kier alpha value is -2.86. The van der Waals surface area contributed by atoms with E-state index >= 15 is 0 Å². The van der Waals surface area contributed by atoms with Crippen molar-refractivity contribution in [2.75, 3.05) is 18.8 Å². The molecule has 3 aromatic heterocycles. The molecule has 0 radical (unpaired) electrons. The number of ether oxygens (including phenoxy) is 1. The summed E-state index contributed by atoms with van der Waals surface area (Å²) < 4.78 is 33.4. The van der Waals surface area contributed by atoms with E-state index in [0.29, 0.717) is 42.5 Å². The number of sulfonamides is 1. The van der Waals surface area contributed by atoms with E-state index in [1.165, 1.54) is 4.31 Å². The highest BCUT2D eigenvalue weighted by atomic mass is 32.2. The summed E-state index contributed by atoms with van der Waals surface area (Å²) in [7, 11) is -3.20. The molecular formula is C19H26N8O3S. The molecule has 0 aliphatic carbocycles. The lowest BCUT2D eigenvalue weighted by Gasteiger charge is -2.30. The summed E-state index contributed by atoms with van der Waals surface area (Å²) in [6.07, 6.45) is 5.44. The molecule has 1 fully saturated rings. The van der Waals surface area contributed by atoms with Gasteiger partial charge in [0.15, 0.2) is 5.75 Å². The second-order valence-corrected chi connectivity index (χ2v) is 10.0. The van der Waals surface area contributed by atoms with Crippen LogP contribution in [-0.2, 0) is 10.0 Å². The van der Waals surface area contributed by atoms with E-state index in [1.807, 2.05) is 20.8 Å². The first-order valence-corrected chi connectivity index (χ1v) is 11.9. The van der Waals surface area contributed by atoms with Gasteiger partial charge >= 0.3 is 0 Å². The van der Waals surface area contributed by atoms with Gasteiger partial charge in [-0.25, -0.2) is 22.7 Å². The van der Waals surface area contributed by atoms with E-state index in [2.05, 4.69) is 30.3 Å². The van der Waals surface area contributed by atoms with Crippen LogP contribution in [0.2, 0.25) is 0 Å². The van der Waals surface area contributed by atoms with Gasteiger partial charge in [0.2, 0.25) is 15.7 Å². The number of aliphatic imine (C=N–C) groups is 1. The minimum Gasteiger partial charge on any atom is -0.485 e. The lowest BCUT2D eigenvalue weighted by atomic mass is 9.99. The smallest absolute Gasteiger partial charge is 0.269 e. The van der Waals surface area contributed by atoms with Crippen molar-refractivity contribution in [1.82, 2.24) is 34.1 Å². The van der Waals surface area contributed by atoms with Crippen LogP contribution < -0.4 is 4.74 Å². The maximum absolute atomic E-state index is 12.2. The fourth-order valence-corrected chi connectivity index (χ4v) is 4.70. The molecule has 0 saturated carbocycles. The van der Waals surface area contributed by atoms with Gasteiger partial charge in [-0.3, -0.25) is 5.10 Å². The second kappa shape index (κ2) is 8.35. The first kappa shape index (κ1) is 21.4. The monoisotopic (exact) mass is 446 g/mol. The number of aromatic nitrogens is 6. The van der Waals surface area contributed by atoms with Gasteiger partial charge in [-0.2, -0.15) is 14.6 Å². The molecule has 12 heteroatoms. The zero-order valence-corrected chi connectivity index (χ0v) is 18.8. The third-order valence-electron chi connectivity index (χ3n) is 5.13. The topological polar surface area (TPSA) is 131 Å². The summed E-state index contributed by atoms with van der Waals surface area (Å²) in [5, 5.41) is 11.2. The molecule has 1 aliphatic rings. The van der Waals surface area contributed by atoms with Crippen LogP contribution in [-0.4, -0.2) is 73.2 Å². The number of nitrogens with zero attached hydrogens (tertiary/aromatic N) is 7. The molecule has 1 atom stereocenters. The largest absolute Gasteiger partial charge is 0.485 e. The van der Waals surface area contributed by atoms with Crippen molar-refractivity contribution in [3.05, 3.63) is 18.7 Å². The molecule has 0 aromatic carbocycles. The molecule has 1 aliphatic heterocycles. The predicted molar refractivity (Wildman–Crippen MR) is 116 cm³/mol. The minimum atomic E-state index is -3.20. The van der Waals surface area contributed by atoms with Crippen LogP contribution in [0.4, 0.5) is 5.95 Å². The highest BCUT2D eigenvalue weighted by Crippen LogP contribution is 2.32. The van der Waals surface area contributed by atoms with E-state index < -0.39 is 10.0 Å². The van der Waals surface area contributed by atoms with Crippen LogP contribution in [0.25, 0.3) is 16.9 Å². The number of H-pyrrole nitrogens is 1. The van der Waals surface area contributed by atoms with Crippen molar-refractivity contribution < 1.29 is 13.2 Å². The van der Waals surface area contributed by atoms with Gasteiger partial charge in [0.25, 0.3) is 5.95 Å². The fourth-order valence-electron chi connectivity index (χ4n) is 3.52. The summed E-state index contributed by atoms with van der Waals surface area (Å²) in [6.45, 7) is 8.32. The number of aromatic amines is 1. The van der Waals surface area contributed by atoms with Crippen LogP contribution in [0.15, 0.2) is 23.7 Å². The van der Waals surface area contributed by atoms with Crippen molar-refractivity contribution >= 4 is 27.3 Å². The highest BCUT2D eigenvalue weighted by molar-refractivity contribution is 7.89. The van der Waals surface area contributed by atoms with Crippen molar-refractivity contribution in [2.45, 2.75) is 40.2 Å². The zero-order chi connectivity index (χ0) is 22.2. The number of hydrogen-bond donors (Lipinski definition) is 1. The van der Waals surface area contributed by atoms with Gasteiger partial charge in [-0.05, 0) is 20.8 Å². The molecule has 11 nitrogen and oxygen atoms in total. The Balaban J connectivity index is 1.68. The Kier molecular flexibility index (Phi) is 5.75. The van der Waals surface area contributed by atoms with Gasteiger partial charge in [-0.15, -0.1) is 5.10 Å². The Morgan fingerprint density at radius 1 is 1.39 bits per heavy atom. The first-order valence-electron chi connectivity index (χ1n) is 10.2. The van der Waals surface area contributed by atoms with Crippen LogP contribution in [0.1, 0.15) is 34.1 Å². The molecule has 0 amide bonds. The molecule has 1 N–H and O–H groups in total. The maximum atomic E-state index is 12.2. The van der Waals surface area contributed by atoms with E-state index in [1.54, 1.807) is 30.2 Å². The van der Waals surface area contributed by atoms with Crippen molar-refractivity contribution in [3.8, 4) is 17.0 Å². The SMILES string of the molecule is CCS(=O)(=O)N1CC/C(=N\c2nc3c(OC(C)C)c(-c4cn[nH]c4)ncn3n2)[C@H](C)C1. The Morgan fingerprint density at radius 2 is 2.19 bits per heavy atom. The van der Waals surface area contributed by atoms with Crippen molar-refractivity contribution in [1.29, 1.82) is 0 Å². The van der Waals surface area contributed by atoms with E-state index in [9.17, 15) is 8.42 Å². The van der Waals surface area contributed by atoms with Crippen LogP contribution >= 0.6 is 0 Å². The normalized spacial score (nSPS) is 19.5. The summed E-state index contributed by atoms with van der Waals surface area (Å²) in [5.41, 5.74) is 2.80. The fraction of sp³-hybridized carbons (Fsp3) is 0.526. The minimum absolute atomic E-state index is 0.0207. The van der Waals surface area contributed by atoms with E-state index in [0.717, 1.165) is 11.3 Å². The quantitative estimate of drug-likeness (QED) is 0.613. The second-order valence-electron chi connectivity index (χ2n) is 7.77. The average Bonchev–Trinajstić information content (AvgIpc) is 3.39. The lowest BCUT2D eigenvalue weighted by Crippen LogP contribution is -2.43. The Labute approximate surface area is 180 Å². The lowest BCUT2D eigenvalue weighted by molar-refractivity contribution is 0.244. The van der Waals surface area contributed by atoms with Crippen LogP contribution in [0.3, 0.4) is 0 Å². The summed E-state index contributed by atoms with van der Waals surface area (Å²) in [6, 6.07) is 0. The molecule has 166 valence electrons. The van der Waals surface area contributed by atoms with E-state index in [-0.39, 0.29) is 17.8 Å². The molecule has 3 aromatic rings. The molecule has 4 rings (SSSR count). The molecule has 1 saturated heterocycles. The van der Waals surface area contributed by atoms with Crippen molar-refractivity contribution in [3.63, 3.8) is 0 Å². The standard InChI is InChI=1S/C19H26N8O3S/c1-5-31(28,29)26-7-6-15(13(4)10-26)23-19-24-18-17(30-12(2)3)16(14-8-21-22-9-14)20-11-27(18)25-19/h8-9,11-13H,5-7,10H2,1-4H3,(H,21,22)/b23-15+/t13-/m1/s1. The number of nitrogens with one attached hydrogen (secondary N) is 1. The first-order chi connectivity index (χ1) is 14.8. The molecule has 0 unspecified atom stereocenters. The molecule has 0 spiro atoms. The number of hydrogen-bond acceptors (Lipinski definition) is 8. The average molecular weight is 447 g/mol. The van der Waals surface area contributed by atoms with E-state index in [4.69, 9.17) is 4.74 Å². The van der Waals surface area contributed by atoms with Gasteiger partial charge in [0, 0.05) is 42.9 Å². The van der Waals surface area contributed by atoms with Gasteiger partial charge in [0.05, 0.1) is 18.1 Å². The highest BCUT2D eigenvalue weighted by Gasteiger charge is 2.29. The zero-order valence-electron chi connectivity index (χ0n) is 18.0. The third-order valence-corrected chi connectivity index (χ3v) is 6.97. The number of rotatable bonds is 6. The summed E-state index contributed by atoms with van der Waals surface area (Å²) >= 11 is 0. The summed E-state index contributed by atoms with van der Waals surface area (Å²) in [5.74, 6) is 0.890. The summed E-state index contributed by atoms with van der Waals surface area (Å²) in [4.78, 5) is 13.7. The molecular weight excluding hydrogens is 420 g/mol. The number of piperidine rings is 1. The molecule has 4 heterocycles. The van der Waals surface area contributed by atoms with Crippen LogP contribution in [0, 0.1) is 5.92 Å². The molecule has 31 heavy (non-hydrogen) atoms. The Morgan fingerprint density at radius 3 is 2.84 bits per heavy atom. The predicted octanol–water partition coefficient (Wildman–Crippen LogP) is 2.07. The van der Waals surface area contributed by atoms with Gasteiger partial charge in [0.1, 0.15) is 12.0 Å². The van der Waals surface area contributed by atoms with Gasteiger partial charge < -0.3 is 4.74 Å². The third kappa shape index (κ3) is 4.30. The number of fused-ring (bicyclic) bond motifs is 1. The van der Waals surface area contributed by atoms with Gasteiger partial charge in [-0.1, -0.05) is 6.92 Å². The van der Waals surface area contributed by atoms with Crippen LogP contribution in [0.5, 0.6) is 5.75 Å². The maximum Gasteiger partial charge on any atom is 0.269 e. The Bertz CT molecular complexity index is 1200. The molecule has 0 bridgehead atoms. The van der Waals surface area contributed by atoms with Crippen molar-refractivity contribution in [2.24, 2.45) is 10.9 Å².